The number of aromatic nitrogens is 1. The lowest BCUT2D eigenvalue weighted by molar-refractivity contribution is 0.839. The van der Waals surface area contributed by atoms with Gasteiger partial charge in [0.1, 0.15) is 0 Å². The minimum atomic E-state index is 0.539. The lowest BCUT2D eigenvalue weighted by Gasteiger charge is -2.05. The molecule has 1 atom stereocenters. The second-order valence-electron chi connectivity index (χ2n) is 3.92. The third-order valence-electron chi connectivity index (χ3n) is 2.78. The van der Waals surface area contributed by atoms with Crippen molar-refractivity contribution in [3.63, 3.8) is 0 Å². The molecule has 70 valence electrons. The summed E-state index contributed by atoms with van der Waals surface area (Å²) >= 11 is 0. The minimum absolute atomic E-state index is 0.539. The Morgan fingerprint density at radius 1 is 1.36 bits per heavy atom. The third kappa shape index (κ3) is 1.00. The predicted molar refractivity (Wildman–Crippen MR) is 58.5 cm³/mol. The van der Waals surface area contributed by atoms with Crippen LogP contribution in [0.3, 0.4) is 0 Å². The number of nitrogens with one attached hydrogen (secondary N) is 1. The Morgan fingerprint density at radius 3 is 3.21 bits per heavy atom. The summed E-state index contributed by atoms with van der Waals surface area (Å²) in [6, 6.07) is 8.98. The van der Waals surface area contributed by atoms with Gasteiger partial charge in [-0.2, -0.15) is 0 Å². The molecule has 0 spiro atoms. The van der Waals surface area contributed by atoms with Gasteiger partial charge >= 0.3 is 0 Å². The van der Waals surface area contributed by atoms with Gasteiger partial charge in [-0.1, -0.05) is 18.2 Å². The molecular formula is C12H12N2. The average Bonchev–Trinajstić information content (AvgIpc) is 2.59. The fourth-order valence-electron chi connectivity index (χ4n) is 2.15. The molecule has 3 rings (SSSR count). The molecule has 1 N–H and O–H groups in total. The first kappa shape index (κ1) is 7.80. The molecule has 1 aromatic heterocycles. The molecule has 0 aliphatic carbocycles. The molecule has 14 heavy (non-hydrogen) atoms. The van der Waals surface area contributed by atoms with Crippen LogP contribution in [0.15, 0.2) is 30.5 Å². The van der Waals surface area contributed by atoms with E-state index in [1.54, 1.807) is 0 Å². The number of benzene rings is 1. The van der Waals surface area contributed by atoms with E-state index in [0.29, 0.717) is 6.04 Å². The van der Waals surface area contributed by atoms with Crippen molar-refractivity contribution in [3.8, 4) is 0 Å². The standard InChI is InChI=1S/C12H12N2/c1-8-7-10-5-4-9-3-2-6-13-11(9)12(10)14-8/h2-6,8,14H,7H2,1H3. The maximum Gasteiger partial charge on any atom is 0.0936 e. The van der Waals surface area contributed by atoms with E-state index in [9.17, 15) is 0 Å². The Morgan fingerprint density at radius 2 is 2.29 bits per heavy atom. The highest BCUT2D eigenvalue weighted by atomic mass is 15.0. The molecule has 1 aliphatic rings. The normalized spacial score (nSPS) is 19.4. The summed E-state index contributed by atoms with van der Waals surface area (Å²) in [7, 11) is 0. The molecule has 2 nitrogen and oxygen atoms in total. The topological polar surface area (TPSA) is 24.9 Å². The highest BCUT2D eigenvalue weighted by Gasteiger charge is 2.18. The number of pyridine rings is 1. The van der Waals surface area contributed by atoms with Gasteiger partial charge in [0.2, 0.25) is 0 Å². The highest BCUT2D eigenvalue weighted by Crippen LogP contribution is 2.31. The first-order chi connectivity index (χ1) is 6.84. The van der Waals surface area contributed by atoms with Crippen molar-refractivity contribution in [2.45, 2.75) is 19.4 Å². The Balaban J connectivity index is 2.33. The first-order valence-electron chi connectivity index (χ1n) is 4.98. The quantitative estimate of drug-likeness (QED) is 0.680. The van der Waals surface area contributed by atoms with E-state index in [1.165, 1.54) is 16.6 Å². The highest BCUT2D eigenvalue weighted by molar-refractivity contribution is 5.93. The van der Waals surface area contributed by atoms with Gasteiger partial charge in [0.15, 0.2) is 0 Å². The van der Waals surface area contributed by atoms with Gasteiger partial charge < -0.3 is 5.32 Å². The number of rotatable bonds is 0. The maximum atomic E-state index is 4.42. The summed E-state index contributed by atoms with van der Waals surface area (Å²) in [5.41, 5.74) is 3.73. The molecular weight excluding hydrogens is 172 g/mol. The van der Waals surface area contributed by atoms with Crippen molar-refractivity contribution in [1.29, 1.82) is 0 Å². The van der Waals surface area contributed by atoms with Crippen LogP contribution in [0, 0.1) is 0 Å². The van der Waals surface area contributed by atoms with Crippen LogP contribution in [0.4, 0.5) is 5.69 Å². The fourth-order valence-corrected chi connectivity index (χ4v) is 2.15. The van der Waals surface area contributed by atoms with Gasteiger partial charge in [0.25, 0.3) is 0 Å². The zero-order valence-electron chi connectivity index (χ0n) is 8.12. The number of nitrogens with zero attached hydrogens (tertiary/aromatic N) is 1. The van der Waals surface area contributed by atoms with Gasteiger partial charge in [0, 0.05) is 17.6 Å². The number of hydrogen-bond donors (Lipinski definition) is 1. The Hall–Kier alpha value is -1.57. The summed E-state index contributed by atoms with van der Waals surface area (Å²) in [6.45, 7) is 2.20. The van der Waals surface area contributed by atoms with Gasteiger partial charge in [-0.05, 0) is 25.0 Å². The molecule has 0 saturated heterocycles. The molecule has 2 heteroatoms. The largest absolute Gasteiger partial charge is 0.380 e. The third-order valence-corrected chi connectivity index (χ3v) is 2.78. The predicted octanol–water partition coefficient (Wildman–Crippen LogP) is 2.59. The van der Waals surface area contributed by atoms with Gasteiger partial charge in [-0.25, -0.2) is 0 Å². The van der Waals surface area contributed by atoms with Crippen LogP contribution in [0.25, 0.3) is 10.9 Å². The summed E-state index contributed by atoms with van der Waals surface area (Å²) < 4.78 is 0. The van der Waals surface area contributed by atoms with E-state index >= 15 is 0 Å². The molecule has 0 amide bonds. The van der Waals surface area contributed by atoms with Crippen molar-refractivity contribution in [2.75, 3.05) is 5.32 Å². The van der Waals surface area contributed by atoms with Crippen LogP contribution in [0.2, 0.25) is 0 Å². The summed E-state index contributed by atoms with van der Waals surface area (Å²) in [5.74, 6) is 0. The summed E-state index contributed by atoms with van der Waals surface area (Å²) in [4.78, 5) is 4.42. The summed E-state index contributed by atoms with van der Waals surface area (Å²) in [5, 5.41) is 4.69. The monoisotopic (exact) mass is 184 g/mol. The molecule has 0 fully saturated rings. The van der Waals surface area contributed by atoms with E-state index in [0.717, 1.165) is 11.9 Å². The molecule has 1 aliphatic heterocycles. The zero-order valence-corrected chi connectivity index (χ0v) is 8.12. The van der Waals surface area contributed by atoms with Crippen LogP contribution in [0.5, 0.6) is 0 Å². The first-order valence-corrected chi connectivity index (χ1v) is 4.98. The summed E-state index contributed by atoms with van der Waals surface area (Å²) in [6.07, 6.45) is 2.97. The minimum Gasteiger partial charge on any atom is -0.380 e. The molecule has 2 heterocycles. The number of anilines is 1. The van der Waals surface area contributed by atoms with E-state index in [4.69, 9.17) is 0 Å². The fraction of sp³-hybridized carbons (Fsp3) is 0.250. The molecule has 2 aromatic rings. The molecule has 1 unspecified atom stereocenters. The Bertz CT molecular complexity index is 491. The lowest BCUT2D eigenvalue weighted by atomic mass is 10.1. The van der Waals surface area contributed by atoms with Gasteiger partial charge in [-0.15, -0.1) is 0 Å². The Kier molecular flexibility index (Phi) is 1.51. The Labute approximate surface area is 83.0 Å². The second-order valence-corrected chi connectivity index (χ2v) is 3.92. The average molecular weight is 184 g/mol. The van der Waals surface area contributed by atoms with E-state index in [2.05, 4.69) is 35.4 Å². The van der Waals surface area contributed by atoms with Crippen molar-refractivity contribution < 1.29 is 0 Å². The SMILES string of the molecule is CC1Cc2ccc3cccnc3c2N1. The van der Waals surface area contributed by atoms with Crippen molar-refractivity contribution >= 4 is 16.6 Å². The van der Waals surface area contributed by atoms with Crippen LogP contribution in [-0.4, -0.2) is 11.0 Å². The van der Waals surface area contributed by atoms with Crippen LogP contribution in [-0.2, 0) is 6.42 Å². The molecule has 0 saturated carbocycles. The van der Waals surface area contributed by atoms with E-state index in [-0.39, 0.29) is 0 Å². The molecule has 0 radical (unpaired) electrons. The zero-order chi connectivity index (χ0) is 9.54. The van der Waals surface area contributed by atoms with Gasteiger partial charge in [0.05, 0.1) is 11.2 Å². The molecule has 1 aromatic carbocycles. The van der Waals surface area contributed by atoms with Crippen LogP contribution >= 0.6 is 0 Å². The van der Waals surface area contributed by atoms with Crippen molar-refractivity contribution in [1.82, 2.24) is 4.98 Å². The van der Waals surface area contributed by atoms with Crippen LogP contribution < -0.4 is 5.32 Å². The van der Waals surface area contributed by atoms with Crippen LogP contribution in [0.1, 0.15) is 12.5 Å². The van der Waals surface area contributed by atoms with Gasteiger partial charge in [-0.3, -0.25) is 4.98 Å². The maximum absolute atomic E-state index is 4.42. The second kappa shape index (κ2) is 2.71. The van der Waals surface area contributed by atoms with E-state index < -0.39 is 0 Å². The van der Waals surface area contributed by atoms with E-state index in [1.807, 2.05) is 12.3 Å². The smallest absolute Gasteiger partial charge is 0.0936 e. The lowest BCUT2D eigenvalue weighted by Crippen LogP contribution is -2.08. The van der Waals surface area contributed by atoms with Crippen molar-refractivity contribution in [3.05, 3.63) is 36.0 Å². The molecule has 0 bridgehead atoms. The van der Waals surface area contributed by atoms with Crippen molar-refractivity contribution in [2.24, 2.45) is 0 Å². The number of fused-ring (bicyclic) bond motifs is 3. The number of hydrogen-bond acceptors (Lipinski definition) is 2.